The van der Waals surface area contributed by atoms with Crippen molar-refractivity contribution in [2.24, 2.45) is 11.7 Å². The van der Waals surface area contributed by atoms with Gasteiger partial charge in [-0.25, -0.2) is 0 Å². The highest BCUT2D eigenvalue weighted by Crippen LogP contribution is 2.22. The van der Waals surface area contributed by atoms with Crippen molar-refractivity contribution in [3.8, 4) is 0 Å². The average molecular weight is 373 g/mol. The highest BCUT2D eigenvalue weighted by Gasteiger charge is 2.25. The van der Waals surface area contributed by atoms with Crippen LogP contribution in [-0.2, 0) is 16.1 Å². The first kappa shape index (κ1) is 19.8. The largest absolute Gasteiger partial charge is 0.369 e. The van der Waals surface area contributed by atoms with Crippen molar-refractivity contribution in [2.45, 2.75) is 44.7 Å². The number of nitrogens with one attached hydrogen (secondary N) is 1. The normalized spacial score (nSPS) is 22.0. The third-order valence-electron chi connectivity index (χ3n) is 5.75. The van der Waals surface area contributed by atoms with Crippen LogP contribution in [0.2, 0.25) is 0 Å². The molecule has 0 spiro atoms. The van der Waals surface area contributed by atoms with Crippen molar-refractivity contribution < 1.29 is 9.59 Å². The van der Waals surface area contributed by atoms with Crippen LogP contribution in [0.25, 0.3) is 0 Å². The minimum Gasteiger partial charge on any atom is -0.369 e. The van der Waals surface area contributed by atoms with Crippen molar-refractivity contribution in [1.82, 2.24) is 15.1 Å². The summed E-state index contributed by atoms with van der Waals surface area (Å²) in [6.45, 7) is 5.11. The van der Waals surface area contributed by atoms with E-state index in [1.807, 2.05) is 6.07 Å². The van der Waals surface area contributed by atoms with Gasteiger partial charge in [-0.05, 0) is 50.3 Å². The Bertz CT molecular complexity index is 614. The fraction of sp³-hybridized carbons (Fsp3) is 0.619. The Labute approximate surface area is 162 Å². The molecule has 2 amide bonds. The Morgan fingerprint density at radius 3 is 2.44 bits per heavy atom. The van der Waals surface area contributed by atoms with E-state index in [2.05, 4.69) is 39.4 Å². The molecule has 0 aromatic heterocycles. The summed E-state index contributed by atoms with van der Waals surface area (Å²) < 4.78 is 0. The second-order valence-electron chi connectivity index (χ2n) is 8.00. The summed E-state index contributed by atoms with van der Waals surface area (Å²) in [4.78, 5) is 27.8. The number of carbonyl (C=O) groups is 2. The van der Waals surface area contributed by atoms with Gasteiger partial charge in [0.25, 0.3) is 0 Å². The van der Waals surface area contributed by atoms with E-state index in [0.29, 0.717) is 18.9 Å². The monoisotopic (exact) mass is 372 g/mol. The first-order chi connectivity index (χ1) is 13.1. The summed E-state index contributed by atoms with van der Waals surface area (Å²) >= 11 is 0. The second-order valence-corrected chi connectivity index (χ2v) is 8.00. The first-order valence-electron chi connectivity index (χ1n) is 10.1. The van der Waals surface area contributed by atoms with E-state index < -0.39 is 0 Å². The van der Waals surface area contributed by atoms with Crippen LogP contribution in [-0.4, -0.2) is 60.4 Å². The molecule has 27 heavy (non-hydrogen) atoms. The molecule has 2 aliphatic rings. The van der Waals surface area contributed by atoms with Crippen molar-refractivity contribution in [3.63, 3.8) is 0 Å². The third-order valence-corrected chi connectivity index (χ3v) is 5.75. The molecule has 2 saturated heterocycles. The Morgan fingerprint density at radius 2 is 1.74 bits per heavy atom. The maximum atomic E-state index is 12.3. The fourth-order valence-corrected chi connectivity index (χ4v) is 4.22. The average Bonchev–Trinajstić information content (AvgIpc) is 3.08. The van der Waals surface area contributed by atoms with Gasteiger partial charge in [0.05, 0.1) is 6.54 Å². The molecule has 1 aromatic rings. The van der Waals surface area contributed by atoms with Gasteiger partial charge in [-0.15, -0.1) is 0 Å². The van der Waals surface area contributed by atoms with Gasteiger partial charge >= 0.3 is 0 Å². The zero-order valence-corrected chi connectivity index (χ0v) is 16.1. The Hall–Kier alpha value is -1.92. The van der Waals surface area contributed by atoms with Crippen LogP contribution in [0.1, 0.15) is 37.7 Å². The van der Waals surface area contributed by atoms with Crippen molar-refractivity contribution in [2.75, 3.05) is 32.7 Å². The number of amides is 2. The Balaban J connectivity index is 1.30. The number of benzene rings is 1. The predicted octanol–water partition coefficient (Wildman–Crippen LogP) is 1.35. The van der Waals surface area contributed by atoms with Gasteiger partial charge in [-0.3, -0.25) is 19.4 Å². The lowest BCUT2D eigenvalue weighted by Crippen LogP contribution is -2.40. The summed E-state index contributed by atoms with van der Waals surface area (Å²) in [6.07, 6.45) is 4.68. The molecule has 0 bridgehead atoms. The lowest BCUT2D eigenvalue weighted by Gasteiger charge is -2.31. The Kier molecular flexibility index (Phi) is 7.24. The summed E-state index contributed by atoms with van der Waals surface area (Å²) in [7, 11) is 0. The van der Waals surface area contributed by atoms with Crippen molar-refractivity contribution >= 4 is 11.8 Å². The highest BCUT2D eigenvalue weighted by atomic mass is 16.2. The molecule has 0 radical (unpaired) electrons. The minimum absolute atomic E-state index is 0.182. The van der Waals surface area contributed by atoms with Crippen molar-refractivity contribution in [3.05, 3.63) is 35.9 Å². The zero-order chi connectivity index (χ0) is 19.1. The molecule has 6 nitrogen and oxygen atoms in total. The molecule has 2 fully saturated rings. The molecule has 1 aromatic carbocycles. The lowest BCUT2D eigenvalue weighted by molar-refractivity contribution is -0.122. The second kappa shape index (κ2) is 9.85. The number of hydrogen-bond donors (Lipinski definition) is 2. The minimum atomic E-state index is -0.259. The van der Waals surface area contributed by atoms with Gasteiger partial charge in [0, 0.05) is 32.1 Å². The number of likely N-dealkylation sites (tertiary alicyclic amines) is 2. The van der Waals surface area contributed by atoms with Gasteiger partial charge in [0.1, 0.15) is 0 Å². The molecule has 1 atom stereocenters. The molecule has 3 N–H and O–H groups in total. The molecular weight excluding hydrogens is 340 g/mol. The van der Waals surface area contributed by atoms with Gasteiger partial charge < -0.3 is 11.1 Å². The lowest BCUT2D eigenvalue weighted by atomic mass is 9.92. The number of rotatable bonds is 8. The molecule has 2 aliphatic heterocycles. The van der Waals surface area contributed by atoms with E-state index in [-0.39, 0.29) is 17.9 Å². The Morgan fingerprint density at radius 1 is 1.04 bits per heavy atom. The van der Waals surface area contributed by atoms with Crippen LogP contribution >= 0.6 is 0 Å². The first-order valence-corrected chi connectivity index (χ1v) is 10.1. The molecule has 1 unspecified atom stereocenters. The summed E-state index contributed by atoms with van der Waals surface area (Å²) in [6, 6.07) is 10.8. The number of hydrogen-bond acceptors (Lipinski definition) is 4. The maximum absolute atomic E-state index is 12.3. The fourth-order valence-electron chi connectivity index (χ4n) is 4.22. The summed E-state index contributed by atoms with van der Waals surface area (Å²) in [5, 5.41) is 3.22. The van der Waals surface area contributed by atoms with Crippen LogP contribution in [0, 0.1) is 5.92 Å². The molecule has 0 aliphatic carbocycles. The SMILES string of the molecule is NC(=O)CN1CCC(CCC(=O)NC2CCN(Cc3ccccc3)C2)CC1. The topological polar surface area (TPSA) is 78.7 Å². The van der Waals surface area contributed by atoms with Gasteiger partial charge in [-0.2, -0.15) is 0 Å². The molecule has 0 saturated carbocycles. The van der Waals surface area contributed by atoms with Crippen LogP contribution in [0.4, 0.5) is 0 Å². The molecule has 6 heteroatoms. The van der Waals surface area contributed by atoms with E-state index in [0.717, 1.165) is 58.4 Å². The quantitative estimate of drug-likeness (QED) is 0.722. The number of nitrogens with zero attached hydrogens (tertiary/aromatic N) is 2. The molecule has 2 heterocycles. The maximum Gasteiger partial charge on any atom is 0.231 e. The van der Waals surface area contributed by atoms with E-state index in [9.17, 15) is 9.59 Å². The molecular formula is C21H32N4O2. The number of nitrogens with two attached hydrogens (primary N) is 1. The molecule has 3 rings (SSSR count). The number of carbonyl (C=O) groups excluding carboxylic acids is 2. The standard InChI is InChI=1S/C21H32N4O2/c22-20(26)16-24-11-8-17(9-12-24)6-7-21(27)23-19-10-13-25(15-19)14-18-4-2-1-3-5-18/h1-5,17,19H,6-16H2,(H2,22,26)(H,23,27). The zero-order valence-electron chi connectivity index (χ0n) is 16.1. The van der Waals surface area contributed by atoms with E-state index in [4.69, 9.17) is 5.73 Å². The van der Waals surface area contributed by atoms with Crippen LogP contribution in [0.3, 0.4) is 0 Å². The predicted molar refractivity (Wildman–Crippen MR) is 106 cm³/mol. The smallest absolute Gasteiger partial charge is 0.231 e. The van der Waals surface area contributed by atoms with Crippen LogP contribution in [0.5, 0.6) is 0 Å². The summed E-state index contributed by atoms with van der Waals surface area (Å²) in [5.74, 6) is 0.504. The number of primary amides is 1. The van der Waals surface area contributed by atoms with E-state index in [1.54, 1.807) is 0 Å². The van der Waals surface area contributed by atoms with Crippen LogP contribution < -0.4 is 11.1 Å². The van der Waals surface area contributed by atoms with E-state index >= 15 is 0 Å². The molecule has 148 valence electrons. The highest BCUT2D eigenvalue weighted by molar-refractivity contribution is 5.76. The van der Waals surface area contributed by atoms with E-state index in [1.165, 1.54) is 5.56 Å². The van der Waals surface area contributed by atoms with Crippen molar-refractivity contribution in [1.29, 1.82) is 0 Å². The van der Waals surface area contributed by atoms with Gasteiger partial charge in [0.2, 0.25) is 11.8 Å². The summed E-state index contributed by atoms with van der Waals surface area (Å²) in [5.41, 5.74) is 6.58. The third kappa shape index (κ3) is 6.63. The van der Waals surface area contributed by atoms with Crippen LogP contribution in [0.15, 0.2) is 30.3 Å². The number of piperidine rings is 1. The van der Waals surface area contributed by atoms with Gasteiger partial charge in [0.15, 0.2) is 0 Å². The van der Waals surface area contributed by atoms with Gasteiger partial charge in [-0.1, -0.05) is 30.3 Å².